The SMILES string of the molecule is COCCC(c1ccc(-c2c(-n3cc(Cl)nn3)ccc(Cl)c2F)cn1)n1cc(-c2c(F)cnn2C(F)F)cn1. The Bertz CT molecular complexity index is 1600. The topological polar surface area (TPSA) is 88.5 Å². The van der Waals surface area contributed by atoms with E-state index in [0.29, 0.717) is 30.0 Å². The van der Waals surface area contributed by atoms with Crippen LogP contribution >= 0.6 is 23.2 Å². The molecule has 0 bridgehead atoms. The third-order valence-electron chi connectivity index (χ3n) is 5.93. The molecule has 0 spiro atoms. The number of alkyl halides is 2. The Balaban J connectivity index is 1.52. The first-order chi connectivity index (χ1) is 18.8. The molecular formula is C24H18Cl2F4N8O. The molecule has 4 aromatic heterocycles. The van der Waals surface area contributed by atoms with Gasteiger partial charge in [0.2, 0.25) is 0 Å². The van der Waals surface area contributed by atoms with Crippen molar-refractivity contribution < 1.29 is 22.3 Å². The van der Waals surface area contributed by atoms with Crippen molar-refractivity contribution in [1.82, 2.24) is 39.5 Å². The van der Waals surface area contributed by atoms with Gasteiger partial charge in [-0.15, -0.1) is 5.10 Å². The van der Waals surface area contributed by atoms with Gasteiger partial charge in [-0.2, -0.15) is 19.0 Å². The molecule has 0 saturated heterocycles. The highest BCUT2D eigenvalue weighted by molar-refractivity contribution is 6.31. The van der Waals surface area contributed by atoms with Crippen LogP contribution in [0.2, 0.25) is 10.2 Å². The molecule has 0 fully saturated rings. The van der Waals surface area contributed by atoms with Gasteiger partial charge < -0.3 is 4.74 Å². The Morgan fingerprint density at radius 1 is 0.974 bits per heavy atom. The van der Waals surface area contributed by atoms with Crippen LogP contribution in [-0.2, 0) is 4.74 Å². The lowest BCUT2D eigenvalue weighted by Crippen LogP contribution is -2.15. The van der Waals surface area contributed by atoms with E-state index in [0.717, 1.165) is 6.20 Å². The maximum absolute atomic E-state index is 15.2. The molecule has 1 atom stereocenters. The van der Waals surface area contributed by atoms with Crippen molar-refractivity contribution in [2.24, 2.45) is 0 Å². The maximum atomic E-state index is 15.2. The molecule has 5 aromatic rings. The smallest absolute Gasteiger partial charge is 0.333 e. The molecule has 15 heteroatoms. The van der Waals surface area contributed by atoms with Crippen LogP contribution in [0.4, 0.5) is 17.6 Å². The summed E-state index contributed by atoms with van der Waals surface area (Å²) in [5.41, 5.74) is 1.12. The highest BCUT2D eigenvalue weighted by Gasteiger charge is 2.24. The van der Waals surface area contributed by atoms with Gasteiger partial charge in [0.1, 0.15) is 5.69 Å². The minimum absolute atomic E-state index is 0.0960. The molecule has 1 aromatic carbocycles. The van der Waals surface area contributed by atoms with E-state index in [-0.39, 0.29) is 31.7 Å². The molecular weight excluding hydrogens is 563 g/mol. The largest absolute Gasteiger partial charge is 0.385 e. The van der Waals surface area contributed by atoms with Crippen molar-refractivity contribution in [3.05, 3.63) is 82.8 Å². The summed E-state index contributed by atoms with van der Waals surface area (Å²) in [6.45, 7) is -2.72. The number of hydrogen-bond donors (Lipinski definition) is 0. The van der Waals surface area contributed by atoms with E-state index in [1.54, 1.807) is 18.2 Å². The summed E-state index contributed by atoms with van der Waals surface area (Å²) in [6.07, 6.45) is 6.70. The van der Waals surface area contributed by atoms with Crippen LogP contribution in [0.1, 0.15) is 24.7 Å². The van der Waals surface area contributed by atoms with E-state index in [2.05, 4.69) is 25.5 Å². The highest BCUT2D eigenvalue weighted by Crippen LogP contribution is 2.34. The molecule has 1 unspecified atom stereocenters. The number of methoxy groups -OCH3 is 1. The van der Waals surface area contributed by atoms with Crippen LogP contribution in [0.3, 0.4) is 0 Å². The van der Waals surface area contributed by atoms with Crippen molar-refractivity contribution in [2.45, 2.75) is 19.0 Å². The molecule has 0 amide bonds. The van der Waals surface area contributed by atoms with Gasteiger partial charge in [-0.1, -0.05) is 34.5 Å². The quantitative estimate of drug-likeness (QED) is 0.199. The molecule has 4 heterocycles. The van der Waals surface area contributed by atoms with Gasteiger partial charge in [0.15, 0.2) is 16.8 Å². The number of rotatable bonds is 9. The lowest BCUT2D eigenvalue weighted by molar-refractivity contribution is 0.0582. The average Bonchev–Trinajstić information content (AvgIpc) is 3.66. The van der Waals surface area contributed by atoms with Crippen LogP contribution < -0.4 is 0 Å². The van der Waals surface area contributed by atoms with E-state index in [9.17, 15) is 13.2 Å². The van der Waals surface area contributed by atoms with Gasteiger partial charge in [-0.25, -0.2) is 18.1 Å². The van der Waals surface area contributed by atoms with Crippen LogP contribution in [0.15, 0.2) is 55.2 Å². The van der Waals surface area contributed by atoms with E-state index in [4.69, 9.17) is 27.9 Å². The number of aromatic nitrogens is 8. The second-order valence-electron chi connectivity index (χ2n) is 8.28. The highest BCUT2D eigenvalue weighted by atomic mass is 35.5. The third kappa shape index (κ3) is 5.24. The Morgan fingerprint density at radius 2 is 1.79 bits per heavy atom. The second-order valence-corrected chi connectivity index (χ2v) is 9.08. The number of halogens is 6. The predicted molar refractivity (Wildman–Crippen MR) is 134 cm³/mol. The molecule has 0 N–H and O–H groups in total. The molecule has 202 valence electrons. The lowest BCUT2D eigenvalue weighted by Gasteiger charge is -2.18. The number of benzene rings is 1. The van der Waals surface area contributed by atoms with Gasteiger partial charge in [-0.05, 0) is 24.6 Å². The molecule has 39 heavy (non-hydrogen) atoms. The zero-order valence-electron chi connectivity index (χ0n) is 20.0. The Hall–Kier alpha value is -3.81. The molecule has 0 aliphatic carbocycles. The Kier molecular flexibility index (Phi) is 7.64. The minimum atomic E-state index is -3.03. The first-order valence-electron chi connectivity index (χ1n) is 11.4. The summed E-state index contributed by atoms with van der Waals surface area (Å²) in [6, 6.07) is 5.77. The number of hydrogen-bond acceptors (Lipinski definition) is 6. The van der Waals surface area contributed by atoms with Crippen molar-refractivity contribution in [3.63, 3.8) is 0 Å². The van der Waals surface area contributed by atoms with Crippen molar-refractivity contribution in [1.29, 1.82) is 0 Å². The van der Waals surface area contributed by atoms with E-state index in [1.807, 2.05) is 0 Å². The minimum Gasteiger partial charge on any atom is -0.385 e. The molecule has 9 nitrogen and oxygen atoms in total. The molecule has 0 radical (unpaired) electrons. The zero-order chi connectivity index (χ0) is 27.7. The lowest BCUT2D eigenvalue weighted by atomic mass is 10.0. The van der Waals surface area contributed by atoms with E-state index >= 15 is 4.39 Å². The predicted octanol–water partition coefficient (Wildman–Crippen LogP) is 6.00. The standard InChI is InChI=1S/C24H18Cl2F4N8O/c1-39-7-6-18(36-11-14(9-32-36)23-16(27)10-33-38(23)24(29)30)17-4-2-13(8-31-17)21-19(5-3-15(25)22(21)28)37-12-20(26)34-35-37/h2-5,8-12,18,24H,6-7H2,1H3. The first kappa shape index (κ1) is 26.8. The number of pyridine rings is 1. The van der Waals surface area contributed by atoms with Gasteiger partial charge in [-0.3, -0.25) is 9.67 Å². The maximum Gasteiger partial charge on any atom is 0.333 e. The molecule has 0 aliphatic rings. The van der Waals surface area contributed by atoms with E-state index < -0.39 is 24.2 Å². The monoisotopic (exact) mass is 580 g/mol. The Labute approximate surface area is 228 Å². The van der Waals surface area contributed by atoms with Crippen molar-refractivity contribution in [2.75, 3.05) is 13.7 Å². The number of nitrogens with zero attached hydrogens (tertiary/aromatic N) is 8. The van der Waals surface area contributed by atoms with Gasteiger partial charge in [0.25, 0.3) is 0 Å². The third-order valence-corrected chi connectivity index (χ3v) is 6.39. The summed E-state index contributed by atoms with van der Waals surface area (Å²) in [4.78, 5) is 4.52. The summed E-state index contributed by atoms with van der Waals surface area (Å²) < 4.78 is 64.4. The van der Waals surface area contributed by atoms with Crippen molar-refractivity contribution in [3.8, 4) is 28.1 Å². The first-order valence-corrected chi connectivity index (χ1v) is 12.1. The Morgan fingerprint density at radius 3 is 2.46 bits per heavy atom. The zero-order valence-corrected chi connectivity index (χ0v) is 21.5. The van der Waals surface area contributed by atoms with Crippen LogP contribution in [0.5, 0.6) is 0 Å². The van der Waals surface area contributed by atoms with Crippen LogP contribution in [0, 0.1) is 11.6 Å². The van der Waals surface area contributed by atoms with Crippen molar-refractivity contribution >= 4 is 23.2 Å². The average molecular weight is 581 g/mol. The number of ether oxygens (including phenoxy) is 1. The van der Waals surface area contributed by atoms with Crippen LogP contribution in [-0.4, -0.2) is 53.3 Å². The normalized spacial score (nSPS) is 12.4. The summed E-state index contributed by atoms with van der Waals surface area (Å²) >= 11 is 12.0. The van der Waals surface area contributed by atoms with Gasteiger partial charge in [0, 0.05) is 42.8 Å². The summed E-state index contributed by atoms with van der Waals surface area (Å²) in [5.74, 6) is -1.58. The molecule has 0 saturated carbocycles. The van der Waals surface area contributed by atoms with Gasteiger partial charge >= 0.3 is 6.55 Å². The van der Waals surface area contributed by atoms with Gasteiger partial charge in [0.05, 0.1) is 41.0 Å². The molecule has 5 rings (SSSR count). The summed E-state index contributed by atoms with van der Waals surface area (Å²) in [7, 11) is 1.53. The summed E-state index contributed by atoms with van der Waals surface area (Å²) in [5, 5.41) is 15.3. The van der Waals surface area contributed by atoms with Crippen LogP contribution in [0.25, 0.3) is 28.1 Å². The second kappa shape index (κ2) is 11.1. The fourth-order valence-electron chi connectivity index (χ4n) is 4.15. The fourth-order valence-corrected chi connectivity index (χ4v) is 4.44. The van der Waals surface area contributed by atoms with E-state index in [1.165, 1.54) is 47.3 Å². The fraction of sp³-hybridized carbons (Fsp3) is 0.208. The molecule has 0 aliphatic heterocycles.